The molecular formula is C12H10BrN3O3. The number of nitriles is 1. The molecule has 1 aromatic carbocycles. The van der Waals surface area contributed by atoms with Gasteiger partial charge in [0.1, 0.15) is 17.4 Å². The minimum absolute atomic E-state index is 0.254. The SMILES string of the molecule is COc1ccc(Br)cc1/C=C(/C#N)C(=O)NC(N)=O. The average Bonchev–Trinajstić information content (AvgIpc) is 2.35. The van der Waals surface area contributed by atoms with E-state index in [2.05, 4.69) is 15.9 Å². The first-order chi connectivity index (χ1) is 8.97. The van der Waals surface area contributed by atoms with Gasteiger partial charge >= 0.3 is 6.03 Å². The van der Waals surface area contributed by atoms with Crippen molar-refractivity contribution in [1.82, 2.24) is 5.32 Å². The van der Waals surface area contributed by atoms with E-state index in [1.165, 1.54) is 13.2 Å². The molecule has 0 aliphatic rings. The van der Waals surface area contributed by atoms with Crippen LogP contribution in [0.1, 0.15) is 5.56 Å². The summed E-state index contributed by atoms with van der Waals surface area (Å²) in [5.41, 5.74) is 5.09. The van der Waals surface area contributed by atoms with Crippen LogP contribution in [0, 0.1) is 11.3 Å². The van der Waals surface area contributed by atoms with Gasteiger partial charge in [0.05, 0.1) is 7.11 Å². The first kappa shape index (κ1) is 14.7. The van der Waals surface area contributed by atoms with Gasteiger partial charge in [-0.2, -0.15) is 5.26 Å². The summed E-state index contributed by atoms with van der Waals surface area (Å²) in [5, 5.41) is 10.7. The van der Waals surface area contributed by atoms with Gasteiger partial charge in [0, 0.05) is 10.0 Å². The van der Waals surface area contributed by atoms with Crippen molar-refractivity contribution in [3.63, 3.8) is 0 Å². The van der Waals surface area contributed by atoms with E-state index in [0.29, 0.717) is 11.3 Å². The normalized spacial score (nSPS) is 10.5. The van der Waals surface area contributed by atoms with Gasteiger partial charge in [-0.05, 0) is 24.3 Å². The van der Waals surface area contributed by atoms with Crippen molar-refractivity contribution in [2.75, 3.05) is 7.11 Å². The number of nitrogens with one attached hydrogen (secondary N) is 1. The molecule has 0 atom stereocenters. The highest BCUT2D eigenvalue weighted by molar-refractivity contribution is 9.10. The topological polar surface area (TPSA) is 105 Å². The van der Waals surface area contributed by atoms with Crippen LogP contribution in [-0.4, -0.2) is 19.0 Å². The lowest BCUT2D eigenvalue weighted by Gasteiger charge is -2.06. The lowest BCUT2D eigenvalue weighted by Crippen LogP contribution is -2.35. The average molecular weight is 324 g/mol. The number of halogens is 1. The summed E-state index contributed by atoms with van der Waals surface area (Å²) in [7, 11) is 1.47. The lowest BCUT2D eigenvalue weighted by molar-refractivity contribution is -0.115. The molecular weight excluding hydrogens is 314 g/mol. The van der Waals surface area contributed by atoms with Crippen molar-refractivity contribution in [3.05, 3.63) is 33.8 Å². The summed E-state index contributed by atoms with van der Waals surface area (Å²) in [6.07, 6.45) is 1.31. The number of nitrogens with two attached hydrogens (primary N) is 1. The van der Waals surface area contributed by atoms with Gasteiger partial charge in [0.2, 0.25) is 0 Å². The molecule has 0 bridgehead atoms. The predicted molar refractivity (Wildman–Crippen MR) is 72.0 cm³/mol. The van der Waals surface area contributed by atoms with Crippen LogP contribution in [0.5, 0.6) is 5.75 Å². The molecule has 0 radical (unpaired) electrons. The summed E-state index contributed by atoms with van der Waals surface area (Å²) >= 11 is 3.27. The van der Waals surface area contributed by atoms with E-state index in [1.807, 2.05) is 5.32 Å². The molecule has 0 aromatic heterocycles. The van der Waals surface area contributed by atoms with E-state index in [-0.39, 0.29) is 5.57 Å². The standard InChI is InChI=1S/C12H10BrN3O3/c1-19-10-3-2-9(13)5-7(10)4-8(6-14)11(17)16-12(15)18/h2-5H,1H3,(H3,15,16,17,18)/b8-4-. The second-order valence-electron chi connectivity index (χ2n) is 3.37. The Morgan fingerprint density at radius 3 is 2.74 bits per heavy atom. The van der Waals surface area contributed by atoms with E-state index < -0.39 is 11.9 Å². The summed E-state index contributed by atoms with van der Waals surface area (Å²) in [6, 6.07) is 5.78. The van der Waals surface area contributed by atoms with E-state index >= 15 is 0 Å². The fraction of sp³-hybridized carbons (Fsp3) is 0.0833. The number of carbonyl (C=O) groups is 2. The third-order valence-electron chi connectivity index (χ3n) is 2.09. The molecule has 0 unspecified atom stereocenters. The largest absolute Gasteiger partial charge is 0.496 e. The van der Waals surface area contributed by atoms with E-state index in [9.17, 15) is 9.59 Å². The lowest BCUT2D eigenvalue weighted by atomic mass is 10.1. The second-order valence-corrected chi connectivity index (χ2v) is 4.29. The first-order valence-corrected chi connectivity index (χ1v) is 5.83. The van der Waals surface area contributed by atoms with Crippen molar-refractivity contribution < 1.29 is 14.3 Å². The quantitative estimate of drug-likeness (QED) is 0.650. The molecule has 0 fully saturated rings. The van der Waals surface area contributed by atoms with Crippen LogP contribution in [0.15, 0.2) is 28.2 Å². The van der Waals surface area contributed by atoms with Crippen LogP contribution in [-0.2, 0) is 4.79 Å². The summed E-state index contributed by atoms with van der Waals surface area (Å²) in [5.74, 6) is -0.375. The molecule has 3 amide bonds. The third kappa shape index (κ3) is 4.12. The molecule has 6 nitrogen and oxygen atoms in total. The number of hydrogen-bond donors (Lipinski definition) is 2. The van der Waals surface area contributed by atoms with E-state index in [4.69, 9.17) is 15.7 Å². The Hall–Kier alpha value is -2.33. The number of hydrogen-bond acceptors (Lipinski definition) is 4. The van der Waals surface area contributed by atoms with E-state index in [1.54, 1.807) is 24.3 Å². The van der Waals surface area contributed by atoms with Crippen LogP contribution in [0.4, 0.5) is 4.79 Å². The fourth-order valence-electron chi connectivity index (χ4n) is 1.30. The molecule has 3 N–H and O–H groups in total. The van der Waals surface area contributed by atoms with Gasteiger partial charge in [0.15, 0.2) is 0 Å². The van der Waals surface area contributed by atoms with Gasteiger partial charge in [-0.3, -0.25) is 10.1 Å². The third-order valence-corrected chi connectivity index (χ3v) is 2.59. The number of imide groups is 1. The Morgan fingerprint density at radius 1 is 1.53 bits per heavy atom. The van der Waals surface area contributed by atoms with Crippen molar-refractivity contribution in [2.24, 2.45) is 5.73 Å². The minimum Gasteiger partial charge on any atom is -0.496 e. The van der Waals surface area contributed by atoms with Crippen molar-refractivity contribution in [3.8, 4) is 11.8 Å². The van der Waals surface area contributed by atoms with Gasteiger partial charge in [0.25, 0.3) is 5.91 Å². The van der Waals surface area contributed by atoms with Crippen molar-refractivity contribution in [2.45, 2.75) is 0 Å². The minimum atomic E-state index is -1.02. The number of amides is 3. The molecule has 7 heteroatoms. The zero-order valence-electron chi connectivity index (χ0n) is 9.94. The first-order valence-electron chi connectivity index (χ1n) is 5.04. The van der Waals surface area contributed by atoms with Crippen molar-refractivity contribution in [1.29, 1.82) is 5.26 Å². The Morgan fingerprint density at radius 2 is 2.21 bits per heavy atom. The highest BCUT2D eigenvalue weighted by Gasteiger charge is 2.12. The Bertz CT molecular complexity index is 590. The predicted octanol–water partition coefficient (Wildman–Crippen LogP) is 1.56. The van der Waals surface area contributed by atoms with Crippen LogP contribution in [0.3, 0.4) is 0 Å². The highest BCUT2D eigenvalue weighted by Crippen LogP contribution is 2.25. The molecule has 0 saturated heterocycles. The number of carbonyl (C=O) groups excluding carboxylic acids is 2. The Kier molecular flexibility index (Phi) is 5.09. The highest BCUT2D eigenvalue weighted by atomic mass is 79.9. The second kappa shape index (κ2) is 6.56. The molecule has 0 aliphatic carbocycles. The van der Waals surface area contributed by atoms with Crippen LogP contribution in [0.2, 0.25) is 0 Å². The number of rotatable bonds is 3. The number of benzene rings is 1. The number of nitrogens with zero attached hydrogens (tertiary/aromatic N) is 1. The zero-order chi connectivity index (χ0) is 14.4. The Labute approximate surface area is 118 Å². The van der Waals surface area contributed by atoms with Gasteiger partial charge in [-0.1, -0.05) is 15.9 Å². The molecule has 1 aromatic rings. The van der Waals surface area contributed by atoms with Gasteiger partial charge in [-0.15, -0.1) is 0 Å². The molecule has 1 rings (SSSR count). The number of methoxy groups -OCH3 is 1. The number of urea groups is 1. The monoisotopic (exact) mass is 323 g/mol. The maximum absolute atomic E-state index is 11.5. The van der Waals surface area contributed by atoms with Gasteiger partial charge < -0.3 is 10.5 Å². The zero-order valence-corrected chi connectivity index (χ0v) is 11.5. The number of primary amides is 1. The molecule has 0 saturated carbocycles. The molecule has 0 spiro atoms. The summed E-state index contributed by atoms with van der Waals surface area (Å²) in [4.78, 5) is 22.1. The molecule has 0 aliphatic heterocycles. The maximum atomic E-state index is 11.5. The summed E-state index contributed by atoms with van der Waals surface area (Å²) < 4.78 is 5.86. The van der Waals surface area contributed by atoms with Crippen LogP contribution in [0.25, 0.3) is 6.08 Å². The van der Waals surface area contributed by atoms with Crippen LogP contribution >= 0.6 is 15.9 Å². The fourth-order valence-corrected chi connectivity index (χ4v) is 1.68. The van der Waals surface area contributed by atoms with Crippen molar-refractivity contribution >= 4 is 33.9 Å². The van der Waals surface area contributed by atoms with E-state index in [0.717, 1.165) is 4.47 Å². The number of ether oxygens (including phenoxy) is 1. The molecule has 98 valence electrons. The van der Waals surface area contributed by atoms with Gasteiger partial charge in [-0.25, -0.2) is 4.79 Å². The maximum Gasteiger partial charge on any atom is 0.319 e. The Balaban J connectivity index is 3.18. The summed E-state index contributed by atoms with van der Waals surface area (Å²) in [6.45, 7) is 0. The molecule has 19 heavy (non-hydrogen) atoms. The molecule has 0 heterocycles. The smallest absolute Gasteiger partial charge is 0.319 e. The van der Waals surface area contributed by atoms with Crippen LogP contribution < -0.4 is 15.8 Å².